The van der Waals surface area contributed by atoms with E-state index in [2.05, 4.69) is 26.1 Å². The molecule has 13 heavy (non-hydrogen) atoms. The topological polar surface area (TPSA) is 12.0 Å². The van der Waals surface area contributed by atoms with E-state index in [0.29, 0.717) is 11.5 Å². The Kier molecular flexibility index (Phi) is 2.39. The van der Waals surface area contributed by atoms with Crippen LogP contribution in [0.25, 0.3) is 0 Å². The summed E-state index contributed by atoms with van der Waals surface area (Å²) < 4.78 is 0. The molecule has 0 aromatic carbocycles. The predicted octanol–water partition coefficient (Wildman–Crippen LogP) is 2.81. The molecule has 0 atom stereocenters. The molecule has 0 saturated heterocycles. The van der Waals surface area contributed by atoms with Gasteiger partial charge in [0.15, 0.2) is 0 Å². The van der Waals surface area contributed by atoms with Crippen molar-refractivity contribution in [3.05, 3.63) is 0 Å². The molecule has 0 heterocycles. The third kappa shape index (κ3) is 2.07. The second-order valence-corrected chi connectivity index (χ2v) is 5.59. The lowest BCUT2D eigenvalue weighted by Gasteiger charge is -2.31. The highest BCUT2D eigenvalue weighted by Crippen LogP contribution is 2.57. The van der Waals surface area contributed by atoms with E-state index in [4.69, 9.17) is 0 Å². The van der Waals surface area contributed by atoms with Crippen LogP contribution in [0.15, 0.2) is 0 Å². The second kappa shape index (κ2) is 3.27. The van der Waals surface area contributed by atoms with Crippen molar-refractivity contribution in [3.8, 4) is 0 Å². The van der Waals surface area contributed by atoms with Gasteiger partial charge in [0.25, 0.3) is 0 Å². The van der Waals surface area contributed by atoms with Gasteiger partial charge < -0.3 is 5.32 Å². The Bertz CT molecular complexity index is 166. The molecule has 1 nitrogen and oxygen atoms in total. The molecule has 76 valence electrons. The minimum atomic E-state index is 0.643. The van der Waals surface area contributed by atoms with E-state index in [1.807, 2.05) is 0 Å². The highest BCUT2D eigenvalue weighted by atomic mass is 14.9. The summed E-state index contributed by atoms with van der Waals surface area (Å²) in [5, 5.41) is 3.63. The smallest absolute Gasteiger partial charge is 0.00128 e. The maximum atomic E-state index is 3.63. The van der Waals surface area contributed by atoms with E-state index in [0.717, 1.165) is 11.8 Å². The molecule has 0 amide bonds. The summed E-state index contributed by atoms with van der Waals surface area (Å²) in [4.78, 5) is 0. The Morgan fingerprint density at radius 3 is 1.92 bits per heavy atom. The molecule has 0 unspecified atom stereocenters. The highest BCUT2D eigenvalue weighted by Gasteiger charge is 2.50. The molecule has 2 saturated carbocycles. The van der Waals surface area contributed by atoms with E-state index in [1.165, 1.54) is 32.2 Å². The van der Waals surface area contributed by atoms with E-state index in [-0.39, 0.29) is 0 Å². The van der Waals surface area contributed by atoms with Crippen LogP contribution in [0.5, 0.6) is 0 Å². The van der Waals surface area contributed by atoms with Gasteiger partial charge in [-0.15, -0.1) is 0 Å². The molecule has 2 rings (SSSR count). The summed E-state index contributed by atoms with van der Waals surface area (Å²) >= 11 is 0. The largest absolute Gasteiger partial charge is 0.314 e. The Balaban J connectivity index is 1.88. The van der Waals surface area contributed by atoms with Gasteiger partial charge in [0.1, 0.15) is 0 Å². The highest BCUT2D eigenvalue weighted by molar-refractivity contribution is 5.01. The van der Waals surface area contributed by atoms with Crippen molar-refractivity contribution in [2.45, 2.75) is 52.5 Å². The molecular weight excluding hydrogens is 158 g/mol. The van der Waals surface area contributed by atoms with Crippen molar-refractivity contribution in [2.24, 2.45) is 17.3 Å². The summed E-state index contributed by atoms with van der Waals surface area (Å²) in [6.07, 6.45) is 5.97. The van der Waals surface area contributed by atoms with E-state index in [1.54, 1.807) is 0 Å². The van der Waals surface area contributed by atoms with Gasteiger partial charge in [-0.3, -0.25) is 0 Å². The first-order valence-electron chi connectivity index (χ1n) is 5.86. The molecule has 0 aromatic rings. The van der Waals surface area contributed by atoms with E-state index < -0.39 is 0 Å². The van der Waals surface area contributed by atoms with Gasteiger partial charge in [-0.2, -0.15) is 0 Å². The SMILES string of the molecule is CC(C)NCC(C)(C1CC1)C1CC1. The van der Waals surface area contributed by atoms with Crippen LogP contribution in [0.2, 0.25) is 0 Å². The van der Waals surface area contributed by atoms with Crippen LogP contribution in [0.4, 0.5) is 0 Å². The normalized spacial score (nSPS) is 24.0. The summed E-state index contributed by atoms with van der Waals surface area (Å²) in [5.41, 5.74) is 0.643. The maximum Gasteiger partial charge on any atom is 0.00128 e. The minimum Gasteiger partial charge on any atom is -0.314 e. The van der Waals surface area contributed by atoms with Crippen LogP contribution >= 0.6 is 0 Å². The van der Waals surface area contributed by atoms with Crippen molar-refractivity contribution in [3.63, 3.8) is 0 Å². The molecule has 0 bridgehead atoms. The third-order valence-corrected chi connectivity index (χ3v) is 3.91. The first-order valence-corrected chi connectivity index (χ1v) is 5.86. The monoisotopic (exact) mass is 181 g/mol. The summed E-state index contributed by atoms with van der Waals surface area (Å²) in [7, 11) is 0. The van der Waals surface area contributed by atoms with Crippen molar-refractivity contribution >= 4 is 0 Å². The fraction of sp³-hybridized carbons (Fsp3) is 1.00. The van der Waals surface area contributed by atoms with Gasteiger partial charge in [-0.05, 0) is 42.9 Å². The Labute approximate surface area is 82.3 Å². The molecule has 2 aliphatic rings. The van der Waals surface area contributed by atoms with Crippen molar-refractivity contribution in [1.82, 2.24) is 5.32 Å². The maximum absolute atomic E-state index is 3.63. The fourth-order valence-corrected chi connectivity index (χ4v) is 2.53. The van der Waals surface area contributed by atoms with Gasteiger partial charge in [0, 0.05) is 12.6 Å². The lowest BCUT2D eigenvalue weighted by Crippen LogP contribution is -2.38. The quantitative estimate of drug-likeness (QED) is 0.687. The molecule has 0 aromatic heterocycles. The Morgan fingerprint density at radius 2 is 1.62 bits per heavy atom. The summed E-state index contributed by atoms with van der Waals surface area (Å²) in [5.74, 6) is 2.09. The zero-order chi connectivity index (χ0) is 9.47. The second-order valence-electron chi connectivity index (χ2n) is 5.59. The Hall–Kier alpha value is -0.0400. The number of hydrogen-bond acceptors (Lipinski definition) is 1. The number of rotatable bonds is 5. The van der Waals surface area contributed by atoms with Crippen molar-refractivity contribution in [2.75, 3.05) is 6.54 Å². The zero-order valence-electron chi connectivity index (χ0n) is 9.27. The molecule has 1 N–H and O–H groups in total. The first-order chi connectivity index (χ1) is 6.13. The van der Waals surface area contributed by atoms with E-state index in [9.17, 15) is 0 Å². The average Bonchev–Trinajstić information content (AvgIpc) is 2.88. The van der Waals surface area contributed by atoms with Crippen molar-refractivity contribution in [1.29, 1.82) is 0 Å². The Morgan fingerprint density at radius 1 is 1.15 bits per heavy atom. The molecule has 2 fully saturated rings. The molecule has 1 heteroatoms. The van der Waals surface area contributed by atoms with Crippen LogP contribution in [-0.4, -0.2) is 12.6 Å². The number of nitrogens with one attached hydrogen (secondary N) is 1. The molecule has 0 spiro atoms. The minimum absolute atomic E-state index is 0.643. The van der Waals surface area contributed by atoms with Crippen LogP contribution < -0.4 is 5.32 Å². The summed E-state index contributed by atoms with van der Waals surface area (Å²) in [6.45, 7) is 8.26. The molecule has 0 aliphatic heterocycles. The summed E-state index contributed by atoms with van der Waals surface area (Å²) in [6, 6.07) is 0.650. The predicted molar refractivity (Wildman–Crippen MR) is 56.7 cm³/mol. The number of hydrogen-bond donors (Lipinski definition) is 1. The van der Waals surface area contributed by atoms with Gasteiger partial charge in [0.2, 0.25) is 0 Å². The van der Waals surface area contributed by atoms with E-state index >= 15 is 0 Å². The molecule has 0 radical (unpaired) electrons. The molecular formula is C12H23N. The third-order valence-electron chi connectivity index (χ3n) is 3.91. The van der Waals surface area contributed by atoms with Crippen LogP contribution in [0.3, 0.4) is 0 Å². The van der Waals surface area contributed by atoms with Crippen LogP contribution in [0.1, 0.15) is 46.5 Å². The molecule has 2 aliphatic carbocycles. The first kappa shape index (κ1) is 9.51. The van der Waals surface area contributed by atoms with Crippen LogP contribution in [0, 0.1) is 17.3 Å². The lowest BCUT2D eigenvalue weighted by molar-refractivity contribution is 0.209. The van der Waals surface area contributed by atoms with Crippen molar-refractivity contribution < 1.29 is 0 Å². The van der Waals surface area contributed by atoms with Gasteiger partial charge >= 0.3 is 0 Å². The lowest BCUT2D eigenvalue weighted by atomic mass is 9.79. The van der Waals surface area contributed by atoms with Gasteiger partial charge in [-0.1, -0.05) is 20.8 Å². The standard InChI is InChI=1S/C12H23N/c1-9(2)13-8-12(3,10-4-5-10)11-6-7-11/h9-11,13H,4-8H2,1-3H3. The van der Waals surface area contributed by atoms with Gasteiger partial charge in [-0.25, -0.2) is 0 Å². The average molecular weight is 181 g/mol. The zero-order valence-corrected chi connectivity index (χ0v) is 9.27. The van der Waals surface area contributed by atoms with Crippen LogP contribution in [-0.2, 0) is 0 Å². The fourth-order valence-electron chi connectivity index (χ4n) is 2.53. The van der Waals surface area contributed by atoms with Gasteiger partial charge in [0.05, 0.1) is 0 Å².